The van der Waals surface area contributed by atoms with Crippen LogP contribution in [-0.2, 0) is 5.41 Å². The summed E-state index contributed by atoms with van der Waals surface area (Å²) in [7, 11) is 0. The molecule has 0 radical (unpaired) electrons. The Morgan fingerprint density at radius 3 is 2.31 bits per heavy atom. The van der Waals surface area contributed by atoms with Crippen LogP contribution in [0.25, 0.3) is 61.3 Å². The maximum absolute atomic E-state index is 6.42. The van der Waals surface area contributed by atoms with Crippen LogP contribution < -0.4 is 0 Å². The molecule has 0 unspecified atom stereocenters. The third-order valence-electron chi connectivity index (χ3n) is 7.46. The lowest BCUT2D eigenvalue weighted by atomic mass is 9.84. The van der Waals surface area contributed by atoms with Crippen molar-refractivity contribution < 1.29 is 4.42 Å². The lowest BCUT2D eigenvalue weighted by Gasteiger charge is -2.25. The minimum atomic E-state index is -0.102. The van der Waals surface area contributed by atoms with E-state index in [2.05, 4.69) is 121 Å². The van der Waals surface area contributed by atoms with Gasteiger partial charge in [0, 0.05) is 16.5 Å². The van der Waals surface area contributed by atoms with Crippen molar-refractivity contribution in [3.05, 3.63) is 114 Å². The first-order valence-corrected chi connectivity index (χ1v) is 13.4. The van der Waals surface area contributed by atoms with E-state index in [-0.39, 0.29) is 5.41 Å². The molecule has 0 atom stereocenters. The van der Waals surface area contributed by atoms with Gasteiger partial charge in [-0.2, -0.15) is 0 Å². The summed E-state index contributed by atoms with van der Waals surface area (Å²) in [6.07, 6.45) is 0. The molecular formula is C35H29N3O. The Hall–Kier alpha value is -4.70. The van der Waals surface area contributed by atoms with Gasteiger partial charge < -0.3 is 4.42 Å². The number of nitrogens with zero attached hydrogens (tertiary/aromatic N) is 3. The van der Waals surface area contributed by atoms with Crippen molar-refractivity contribution in [3.8, 4) is 28.2 Å². The summed E-state index contributed by atoms with van der Waals surface area (Å²) in [5, 5.41) is 2.06. The Bertz CT molecular complexity index is 2010. The summed E-state index contributed by atoms with van der Waals surface area (Å²) in [6.45, 7) is 8.80. The molecule has 0 N–H and O–H groups in total. The molecule has 0 aliphatic carbocycles. The summed E-state index contributed by atoms with van der Waals surface area (Å²) in [5.41, 5.74) is 10.0. The quantitative estimate of drug-likeness (QED) is 0.239. The van der Waals surface area contributed by atoms with Gasteiger partial charge in [-0.15, -0.1) is 0 Å². The minimum Gasteiger partial charge on any atom is -0.437 e. The molecule has 0 aliphatic heterocycles. The third kappa shape index (κ3) is 3.83. The first-order chi connectivity index (χ1) is 18.9. The Labute approximate surface area is 227 Å². The number of hydrogen-bond donors (Lipinski definition) is 0. The molecule has 0 saturated carbocycles. The van der Waals surface area contributed by atoms with Crippen molar-refractivity contribution in [2.45, 2.75) is 33.1 Å². The standard InChI is InChI=1S/C35H29N3O/c1-22-17-19-26-25-13-10-14-27(32(25)39-34(26)36-22)33-37-29-15-8-9-16-31(29)38(33)30-20-18-24(21-28(30)35(2,3)4)23-11-6-5-7-12-23/h5-21H,1-4H3. The van der Waals surface area contributed by atoms with E-state index in [0.717, 1.165) is 50.2 Å². The fraction of sp³-hybridized carbons (Fsp3) is 0.143. The first-order valence-electron chi connectivity index (χ1n) is 13.4. The number of aryl methyl sites for hydroxylation is 1. The second-order valence-electron chi connectivity index (χ2n) is 11.2. The zero-order valence-corrected chi connectivity index (χ0v) is 22.6. The lowest BCUT2D eigenvalue weighted by Crippen LogP contribution is -2.16. The molecular weight excluding hydrogens is 478 g/mol. The van der Waals surface area contributed by atoms with Crippen molar-refractivity contribution in [3.63, 3.8) is 0 Å². The predicted molar refractivity (Wildman–Crippen MR) is 160 cm³/mol. The number of imidazole rings is 1. The summed E-state index contributed by atoms with van der Waals surface area (Å²) in [4.78, 5) is 9.85. The zero-order valence-electron chi connectivity index (χ0n) is 22.6. The largest absolute Gasteiger partial charge is 0.437 e. The van der Waals surface area contributed by atoms with E-state index in [1.54, 1.807) is 0 Å². The van der Waals surface area contributed by atoms with Gasteiger partial charge in [0.1, 0.15) is 11.4 Å². The number of para-hydroxylation sites is 3. The SMILES string of the molecule is Cc1ccc2c(n1)oc1c(-c3nc4ccccc4n3-c3ccc(-c4ccccc4)cc3C(C)(C)C)cccc12. The highest BCUT2D eigenvalue weighted by atomic mass is 16.3. The summed E-state index contributed by atoms with van der Waals surface area (Å²) >= 11 is 0. The van der Waals surface area contributed by atoms with Gasteiger partial charge in [0.2, 0.25) is 5.71 Å². The minimum absolute atomic E-state index is 0.102. The Kier molecular flexibility index (Phi) is 5.21. The van der Waals surface area contributed by atoms with E-state index in [9.17, 15) is 0 Å². The van der Waals surface area contributed by atoms with E-state index in [1.807, 2.05) is 19.1 Å². The van der Waals surface area contributed by atoms with Crippen LogP contribution in [0.3, 0.4) is 0 Å². The number of fused-ring (bicyclic) bond motifs is 4. The van der Waals surface area contributed by atoms with E-state index in [0.29, 0.717) is 5.71 Å². The van der Waals surface area contributed by atoms with E-state index in [1.165, 1.54) is 16.7 Å². The Morgan fingerprint density at radius 2 is 1.49 bits per heavy atom. The predicted octanol–water partition coefficient (Wildman–Crippen LogP) is 9.26. The molecule has 0 amide bonds. The van der Waals surface area contributed by atoms with Crippen LogP contribution in [0.4, 0.5) is 0 Å². The number of pyridine rings is 1. The van der Waals surface area contributed by atoms with Gasteiger partial charge >= 0.3 is 0 Å². The molecule has 0 saturated heterocycles. The topological polar surface area (TPSA) is 43.9 Å². The highest BCUT2D eigenvalue weighted by Crippen LogP contribution is 2.40. The fourth-order valence-electron chi connectivity index (χ4n) is 5.54. The summed E-state index contributed by atoms with van der Waals surface area (Å²) < 4.78 is 8.71. The van der Waals surface area contributed by atoms with Gasteiger partial charge in [-0.05, 0) is 71.5 Å². The Morgan fingerprint density at radius 1 is 0.692 bits per heavy atom. The summed E-state index contributed by atoms with van der Waals surface area (Å²) in [6, 6.07) is 36.1. The van der Waals surface area contributed by atoms with Crippen molar-refractivity contribution in [1.82, 2.24) is 14.5 Å². The maximum atomic E-state index is 6.42. The molecule has 3 heterocycles. The molecule has 39 heavy (non-hydrogen) atoms. The molecule has 0 fully saturated rings. The molecule has 190 valence electrons. The smallest absolute Gasteiger partial charge is 0.227 e. The van der Waals surface area contributed by atoms with Gasteiger partial charge in [0.15, 0.2) is 0 Å². The second-order valence-corrected chi connectivity index (χ2v) is 11.2. The zero-order chi connectivity index (χ0) is 26.7. The highest BCUT2D eigenvalue weighted by molar-refractivity contribution is 6.08. The monoisotopic (exact) mass is 507 g/mol. The Balaban J connectivity index is 1.54. The van der Waals surface area contributed by atoms with Gasteiger partial charge in [-0.1, -0.05) is 81.4 Å². The average molecular weight is 508 g/mol. The number of furan rings is 1. The molecule has 0 bridgehead atoms. The molecule has 0 aliphatic rings. The molecule has 7 aromatic rings. The van der Waals surface area contributed by atoms with Crippen LogP contribution in [0.15, 0.2) is 108 Å². The summed E-state index contributed by atoms with van der Waals surface area (Å²) in [5.74, 6) is 0.857. The lowest BCUT2D eigenvalue weighted by molar-refractivity contribution is 0.587. The van der Waals surface area contributed by atoms with Crippen LogP contribution in [-0.4, -0.2) is 14.5 Å². The number of rotatable bonds is 3. The van der Waals surface area contributed by atoms with Crippen molar-refractivity contribution >= 4 is 33.1 Å². The average Bonchev–Trinajstić information content (AvgIpc) is 3.50. The van der Waals surface area contributed by atoms with E-state index in [4.69, 9.17) is 9.40 Å². The van der Waals surface area contributed by atoms with Gasteiger partial charge in [-0.25, -0.2) is 9.97 Å². The van der Waals surface area contributed by atoms with E-state index >= 15 is 0 Å². The van der Waals surface area contributed by atoms with Crippen LogP contribution in [0, 0.1) is 6.92 Å². The highest BCUT2D eigenvalue weighted by Gasteiger charge is 2.25. The first kappa shape index (κ1) is 23.4. The second kappa shape index (κ2) is 8.67. The molecule has 7 rings (SSSR count). The molecule has 0 spiro atoms. The van der Waals surface area contributed by atoms with Crippen LogP contribution >= 0.6 is 0 Å². The van der Waals surface area contributed by atoms with Gasteiger partial charge in [-0.3, -0.25) is 4.57 Å². The van der Waals surface area contributed by atoms with Crippen LogP contribution in [0.1, 0.15) is 32.0 Å². The fourth-order valence-corrected chi connectivity index (χ4v) is 5.54. The van der Waals surface area contributed by atoms with Crippen LogP contribution in [0.5, 0.6) is 0 Å². The normalized spacial score (nSPS) is 12.1. The molecule has 3 aromatic heterocycles. The van der Waals surface area contributed by atoms with Gasteiger partial charge in [0.25, 0.3) is 0 Å². The molecule has 4 aromatic carbocycles. The van der Waals surface area contributed by atoms with Crippen molar-refractivity contribution in [2.75, 3.05) is 0 Å². The van der Waals surface area contributed by atoms with Gasteiger partial charge in [0.05, 0.1) is 22.3 Å². The molecule has 4 heteroatoms. The number of aromatic nitrogens is 3. The van der Waals surface area contributed by atoms with E-state index < -0.39 is 0 Å². The maximum Gasteiger partial charge on any atom is 0.227 e. The van der Waals surface area contributed by atoms with Crippen molar-refractivity contribution in [2.24, 2.45) is 0 Å². The number of hydrogen-bond acceptors (Lipinski definition) is 3. The van der Waals surface area contributed by atoms with Crippen LogP contribution in [0.2, 0.25) is 0 Å². The van der Waals surface area contributed by atoms with Crippen molar-refractivity contribution in [1.29, 1.82) is 0 Å². The third-order valence-corrected chi connectivity index (χ3v) is 7.46. The number of benzene rings is 4. The molecule has 4 nitrogen and oxygen atoms in total.